The zero-order valence-corrected chi connectivity index (χ0v) is 18.4. The average Bonchev–Trinajstić information content (AvgIpc) is 3.14. The largest absolute Gasteiger partial charge is 0.496 e. The van der Waals surface area contributed by atoms with Gasteiger partial charge < -0.3 is 19.9 Å². The van der Waals surface area contributed by atoms with Crippen LogP contribution in [-0.4, -0.2) is 37.6 Å². The number of aliphatic imine (C=N–C) groups is 1. The summed E-state index contributed by atoms with van der Waals surface area (Å²) in [6, 6.07) is 8.13. The van der Waals surface area contributed by atoms with E-state index in [9.17, 15) is 0 Å². The minimum absolute atomic E-state index is 0.474. The molecule has 1 aromatic carbocycles. The predicted molar refractivity (Wildman–Crippen MR) is 116 cm³/mol. The molecular weight excluding hydrogens is 372 g/mol. The second-order valence-electron chi connectivity index (χ2n) is 6.61. The van der Waals surface area contributed by atoms with Gasteiger partial charge in [-0.2, -0.15) is 0 Å². The molecule has 0 aliphatic heterocycles. The van der Waals surface area contributed by atoms with E-state index in [2.05, 4.69) is 47.6 Å². The van der Waals surface area contributed by atoms with Crippen LogP contribution in [0.1, 0.15) is 37.8 Å². The van der Waals surface area contributed by atoms with Crippen LogP contribution in [0.3, 0.4) is 0 Å². The van der Waals surface area contributed by atoms with Gasteiger partial charge in [-0.25, -0.2) is 0 Å². The molecule has 0 amide bonds. The Morgan fingerprint density at radius 1 is 1.25 bits per heavy atom. The Kier molecular flexibility index (Phi) is 9.20. The number of aromatic nitrogens is 1. The first kappa shape index (κ1) is 22.1. The Morgan fingerprint density at radius 3 is 2.71 bits per heavy atom. The first-order valence-corrected chi connectivity index (χ1v) is 10.8. The van der Waals surface area contributed by atoms with Crippen molar-refractivity contribution in [3.05, 3.63) is 41.3 Å². The van der Waals surface area contributed by atoms with Crippen molar-refractivity contribution in [2.75, 3.05) is 26.5 Å². The molecule has 0 bridgehead atoms. The molecule has 28 heavy (non-hydrogen) atoms. The number of ether oxygens (including phenoxy) is 1. The molecule has 2 rings (SSSR count). The maximum atomic E-state index is 5.43. The van der Waals surface area contributed by atoms with Crippen LogP contribution in [0, 0.1) is 5.92 Å². The van der Waals surface area contributed by atoms with Gasteiger partial charge >= 0.3 is 0 Å². The Balaban J connectivity index is 1.81. The van der Waals surface area contributed by atoms with Crippen LogP contribution in [0.5, 0.6) is 5.75 Å². The Labute approximate surface area is 172 Å². The number of aryl methyl sites for hydroxylation is 2. The highest BCUT2D eigenvalue weighted by Gasteiger charge is 2.14. The first-order valence-electron chi connectivity index (χ1n) is 9.79. The molecule has 6 nitrogen and oxygen atoms in total. The van der Waals surface area contributed by atoms with E-state index in [1.165, 1.54) is 4.90 Å². The molecule has 1 atom stereocenters. The smallest absolute Gasteiger partial charge is 0.191 e. The molecule has 2 aromatic rings. The van der Waals surface area contributed by atoms with Gasteiger partial charge in [0.2, 0.25) is 0 Å². The van der Waals surface area contributed by atoms with E-state index in [1.54, 1.807) is 14.2 Å². The number of nitrogens with one attached hydrogen (secondary N) is 2. The molecule has 0 aliphatic rings. The van der Waals surface area contributed by atoms with E-state index in [0.29, 0.717) is 12.5 Å². The van der Waals surface area contributed by atoms with Crippen LogP contribution in [0.15, 0.2) is 38.7 Å². The summed E-state index contributed by atoms with van der Waals surface area (Å²) in [7, 11) is 3.50. The summed E-state index contributed by atoms with van der Waals surface area (Å²) in [5.74, 6) is 4.13. The Bertz CT molecular complexity index is 739. The third-order valence-corrected chi connectivity index (χ3v) is 5.86. The molecule has 0 radical (unpaired) electrons. The molecule has 0 saturated heterocycles. The molecule has 154 valence electrons. The van der Waals surface area contributed by atoms with E-state index in [4.69, 9.17) is 9.26 Å². The van der Waals surface area contributed by atoms with Crippen LogP contribution >= 0.6 is 11.8 Å². The molecule has 2 N–H and O–H groups in total. The van der Waals surface area contributed by atoms with Crippen molar-refractivity contribution >= 4 is 17.7 Å². The number of hydrogen-bond donors (Lipinski definition) is 2. The summed E-state index contributed by atoms with van der Waals surface area (Å²) in [6.45, 7) is 7.91. The SMILES string of the molecule is CCc1noc(CC)c1CNC(=NC)NCC(C)CSc1ccccc1OC. The summed E-state index contributed by atoms with van der Waals surface area (Å²) in [5, 5.41) is 11.0. The van der Waals surface area contributed by atoms with Crippen molar-refractivity contribution in [2.24, 2.45) is 10.9 Å². The highest BCUT2D eigenvalue weighted by atomic mass is 32.2. The van der Waals surface area contributed by atoms with E-state index in [0.717, 1.165) is 53.9 Å². The van der Waals surface area contributed by atoms with Crippen molar-refractivity contribution in [1.29, 1.82) is 0 Å². The number of para-hydroxylation sites is 1. The topological polar surface area (TPSA) is 71.7 Å². The van der Waals surface area contributed by atoms with Gasteiger partial charge in [-0.3, -0.25) is 4.99 Å². The quantitative estimate of drug-likeness (QED) is 0.355. The molecule has 1 heterocycles. The average molecular weight is 405 g/mol. The summed E-state index contributed by atoms with van der Waals surface area (Å²) in [6.07, 6.45) is 1.71. The molecule has 0 fully saturated rings. The molecule has 0 aliphatic carbocycles. The van der Waals surface area contributed by atoms with Gasteiger partial charge in [0.1, 0.15) is 11.5 Å². The van der Waals surface area contributed by atoms with Gasteiger partial charge in [-0.05, 0) is 24.5 Å². The number of hydrogen-bond acceptors (Lipinski definition) is 5. The zero-order chi connectivity index (χ0) is 20.4. The lowest BCUT2D eigenvalue weighted by Gasteiger charge is -2.16. The van der Waals surface area contributed by atoms with Crippen molar-refractivity contribution in [2.45, 2.75) is 45.1 Å². The summed E-state index contributed by atoms with van der Waals surface area (Å²) in [5.41, 5.74) is 2.16. The molecular formula is C21H32N4O2S. The number of rotatable bonds is 10. The monoisotopic (exact) mass is 404 g/mol. The van der Waals surface area contributed by atoms with Crippen molar-refractivity contribution in [1.82, 2.24) is 15.8 Å². The Morgan fingerprint density at radius 2 is 2.04 bits per heavy atom. The molecule has 1 aromatic heterocycles. The van der Waals surface area contributed by atoms with Crippen LogP contribution < -0.4 is 15.4 Å². The lowest BCUT2D eigenvalue weighted by molar-refractivity contribution is 0.380. The highest BCUT2D eigenvalue weighted by molar-refractivity contribution is 7.99. The highest BCUT2D eigenvalue weighted by Crippen LogP contribution is 2.29. The van der Waals surface area contributed by atoms with Crippen LogP contribution in [0.2, 0.25) is 0 Å². The van der Waals surface area contributed by atoms with Gasteiger partial charge in [0.25, 0.3) is 0 Å². The van der Waals surface area contributed by atoms with Gasteiger partial charge in [0.05, 0.1) is 12.8 Å². The van der Waals surface area contributed by atoms with E-state index in [-0.39, 0.29) is 0 Å². The van der Waals surface area contributed by atoms with E-state index >= 15 is 0 Å². The fourth-order valence-electron chi connectivity index (χ4n) is 2.83. The van der Waals surface area contributed by atoms with Crippen LogP contribution in [-0.2, 0) is 19.4 Å². The fourth-order valence-corrected chi connectivity index (χ4v) is 3.88. The predicted octanol–water partition coefficient (Wildman–Crippen LogP) is 3.90. The van der Waals surface area contributed by atoms with Crippen molar-refractivity contribution < 1.29 is 9.26 Å². The second kappa shape index (κ2) is 11.6. The number of nitrogens with zero attached hydrogens (tertiary/aromatic N) is 2. The summed E-state index contributed by atoms with van der Waals surface area (Å²) in [4.78, 5) is 5.50. The number of guanidine groups is 1. The standard InChI is InChI=1S/C21H32N4O2S/c1-6-17-16(18(7-2)27-25-17)13-24-21(22-4)23-12-15(3)14-28-20-11-9-8-10-19(20)26-5/h8-11,15H,6-7,12-14H2,1-5H3,(H2,22,23,24). The number of thioether (sulfide) groups is 1. The van der Waals surface area contributed by atoms with E-state index < -0.39 is 0 Å². The molecule has 0 spiro atoms. The molecule has 7 heteroatoms. The van der Waals surface area contributed by atoms with Crippen molar-refractivity contribution in [3.8, 4) is 5.75 Å². The van der Waals surface area contributed by atoms with Crippen LogP contribution in [0.4, 0.5) is 0 Å². The normalized spacial score (nSPS) is 12.7. The van der Waals surface area contributed by atoms with Gasteiger partial charge in [0.15, 0.2) is 5.96 Å². The summed E-state index contributed by atoms with van der Waals surface area (Å²) >= 11 is 1.81. The fraction of sp³-hybridized carbons (Fsp3) is 0.524. The van der Waals surface area contributed by atoms with Gasteiger partial charge in [0, 0.05) is 42.8 Å². The maximum Gasteiger partial charge on any atom is 0.191 e. The third-order valence-electron chi connectivity index (χ3n) is 4.47. The number of methoxy groups -OCH3 is 1. The minimum Gasteiger partial charge on any atom is -0.496 e. The van der Waals surface area contributed by atoms with Gasteiger partial charge in [-0.15, -0.1) is 11.8 Å². The third kappa shape index (κ3) is 6.19. The molecule has 0 saturated carbocycles. The first-order chi connectivity index (χ1) is 13.6. The van der Waals surface area contributed by atoms with E-state index in [1.807, 2.05) is 30.0 Å². The van der Waals surface area contributed by atoms with Gasteiger partial charge in [-0.1, -0.05) is 38.1 Å². The number of benzene rings is 1. The van der Waals surface area contributed by atoms with Crippen molar-refractivity contribution in [3.63, 3.8) is 0 Å². The molecule has 1 unspecified atom stereocenters. The Hall–Kier alpha value is -2.15. The maximum absolute atomic E-state index is 5.43. The zero-order valence-electron chi connectivity index (χ0n) is 17.5. The lowest BCUT2D eigenvalue weighted by Crippen LogP contribution is -2.39. The van der Waals surface area contributed by atoms with Crippen LogP contribution in [0.25, 0.3) is 0 Å². The summed E-state index contributed by atoms with van der Waals surface area (Å²) < 4.78 is 10.8. The minimum atomic E-state index is 0.474. The second-order valence-corrected chi connectivity index (χ2v) is 7.67. The lowest BCUT2D eigenvalue weighted by atomic mass is 10.1.